The lowest BCUT2D eigenvalue weighted by Crippen LogP contribution is -2.32. The third-order valence-electron chi connectivity index (χ3n) is 2.49. The number of pyridine rings is 1. The van der Waals surface area contributed by atoms with Gasteiger partial charge < -0.3 is 15.4 Å². The molecule has 5 nitrogen and oxygen atoms in total. The van der Waals surface area contributed by atoms with Crippen molar-refractivity contribution in [2.24, 2.45) is 0 Å². The number of hydrogen-bond donors (Lipinski definition) is 2. The van der Waals surface area contributed by atoms with Crippen LogP contribution in [0.1, 0.15) is 39.7 Å². The number of hydrogen-bond acceptors (Lipinski definition) is 4. The zero-order valence-electron chi connectivity index (χ0n) is 12.8. The normalized spacial score (nSPS) is 10.9. The molecule has 1 aromatic rings. The molecule has 1 aromatic heterocycles. The van der Waals surface area contributed by atoms with Gasteiger partial charge in [-0.25, -0.2) is 4.98 Å². The lowest BCUT2D eigenvalue weighted by Gasteiger charge is -2.13. The first-order valence-corrected chi connectivity index (χ1v) is 7.09. The molecule has 0 aliphatic heterocycles. The predicted octanol–water partition coefficient (Wildman–Crippen LogP) is 1.87. The van der Waals surface area contributed by atoms with E-state index in [-0.39, 0.29) is 18.1 Å². The number of ether oxygens (including phenoxy) is 1. The van der Waals surface area contributed by atoms with Crippen LogP contribution >= 0.6 is 0 Å². The Morgan fingerprint density at radius 2 is 2.10 bits per heavy atom. The van der Waals surface area contributed by atoms with Gasteiger partial charge in [0.25, 0.3) is 0 Å². The quantitative estimate of drug-likeness (QED) is 0.713. The highest BCUT2D eigenvalue weighted by atomic mass is 16.5. The molecule has 0 spiro atoms. The number of carbonyl (C=O) groups excluding carboxylic acids is 1. The van der Waals surface area contributed by atoms with E-state index in [1.54, 1.807) is 6.20 Å². The van der Waals surface area contributed by atoms with E-state index in [0.717, 1.165) is 5.56 Å². The minimum absolute atomic E-state index is 0.0670. The van der Waals surface area contributed by atoms with Gasteiger partial charge in [0.2, 0.25) is 11.8 Å². The van der Waals surface area contributed by atoms with Gasteiger partial charge in [-0.15, -0.1) is 0 Å². The molecule has 0 aromatic carbocycles. The minimum atomic E-state index is 0.0670. The summed E-state index contributed by atoms with van der Waals surface area (Å²) in [7, 11) is 0. The van der Waals surface area contributed by atoms with Crippen molar-refractivity contribution in [3.63, 3.8) is 0 Å². The Balaban J connectivity index is 2.36. The zero-order chi connectivity index (χ0) is 15.0. The summed E-state index contributed by atoms with van der Waals surface area (Å²) in [4.78, 5) is 15.7. The van der Waals surface area contributed by atoms with Crippen molar-refractivity contribution in [2.75, 3.05) is 6.54 Å². The van der Waals surface area contributed by atoms with Crippen molar-refractivity contribution in [1.82, 2.24) is 15.6 Å². The van der Waals surface area contributed by atoms with E-state index in [1.165, 1.54) is 0 Å². The van der Waals surface area contributed by atoms with E-state index < -0.39 is 0 Å². The fourth-order valence-corrected chi connectivity index (χ4v) is 1.71. The average molecular weight is 279 g/mol. The topological polar surface area (TPSA) is 63.2 Å². The Hall–Kier alpha value is -1.62. The minimum Gasteiger partial charge on any atom is -0.475 e. The standard InChI is InChI=1S/C15H25N3O2/c1-11(2)18-14(19)7-9-16-10-13-6-5-8-17-15(13)20-12(3)4/h5-6,8,11-12,16H,7,9-10H2,1-4H3,(H,18,19). The Morgan fingerprint density at radius 3 is 2.75 bits per heavy atom. The Bertz CT molecular complexity index is 419. The van der Waals surface area contributed by atoms with Crippen LogP contribution in [-0.4, -0.2) is 29.6 Å². The predicted molar refractivity (Wildman–Crippen MR) is 79.6 cm³/mol. The first kappa shape index (κ1) is 16.4. The molecule has 1 amide bonds. The second kappa shape index (κ2) is 8.53. The van der Waals surface area contributed by atoms with Crippen LogP contribution < -0.4 is 15.4 Å². The van der Waals surface area contributed by atoms with Crippen LogP contribution in [0, 0.1) is 0 Å². The third kappa shape index (κ3) is 6.52. The maximum Gasteiger partial charge on any atom is 0.221 e. The summed E-state index contributed by atoms with van der Waals surface area (Å²) >= 11 is 0. The van der Waals surface area contributed by atoms with E-state index in [4.69, 9.17) is 4.74 Å². The fourth-order valence-electron chi connectivity index (χ4n) is 1.71. The molecular formula is C15H25N3O2. The Kier molecular flexibility index (Phi) is 7.01. The molecule has 20 heavy (non-hydrogen) atoms. The SMILES string of the molecule is CC(C)NC(=O)CCNCc1cccnc1OC(C)C. The summed E-state index contributed by atoms with van der Waals surface area (Å²) in [6.07, 6.45) is 2.29. The van der Waals surface area contributed by atoms with Crippen LogP contribution in [-0.2, 0) is 11.3 Å². The van der Waals surface area contributed by atoms with E-state index >= 15 is 0 Å². The molecule has 1 heterocycles. The summed E-state index contributed by atoms with van der Waals surface area (Å²) in [5, 5.41) is 6.10. The van der Waals surface area contributed by atoms with Crippen molar-refractivity contribution >= 4 is 5.91 Å². The lowest BCUT2D eigenvalue weighted by atomic mass is 10.2. The van der Waals surface area contributed by atoms with Crippen molar-refractivity contribution in [3.8, 4) is 5.88 Å². The summed E-state index contributed by atoms with van der Waals surface area (Å²) in [5.41, 5.74) is 1.01. The molecule has 0 saturated carbocycles. The summed E-state index contributed by atoms with van der Waals surface area (Å²) in [6.45, 7) is 9.14. The van der Waals surface area contributed by atoms with Crippen molar-refractivity contribution in [2.45, 2.75) is 52.8 Å². The van der Waals surface area contributed by atoms with Crippen molar-refractivity contribution in [3.05, 3.63) is 23.9 Å². The number of nitrogens with zero attached hydrogens (tertiary/aromatic N) is 1. The van der Waals surface area contributed by atoms with Gasteiger partial charge in [0.05, 0.1) is 6.10 Å². The van der Waals surface area contributed by atoms with Gasteiger partial charge in [0, 0.05) is 37.3 Å². The Morgan fingerprint density at radius 1 is 1.35 bits per heavy atom. The second-order valence-corrected chi connectivity index (χ2v) is 5.28. The molecule has 0 saturated heterocycles. The van der Waals surface area contributed by atoms with Gasteiger partial charge in [-0.3, -0.25) is 4.79 Å². The third-order valence-corrected chi connectivity index (χ3v) is 2.49. The van der Waals surface area contributed by atoms with E-state index in [2.05, 4.69) is 15.6 Å². The number of nitrogens with one attached hydrogen (secondary N) is 2. The highest BCUT2D eigenvalue weighted by Crippen LogP contribution is 2.15. The highest BCUT2D eigenvalue weighted by molar-refractivity contribution is 5.76. The number of carbonyl (C=O) groups is 1. The molecule has 0 aliphatic rings. The van der Waals surface area contributed by atoms with Crippen LogP contribution in [0.5, 0.6) is 5.88 Å². The van der Waals surface area contributed by atoms with Crippen molar-refractivity contribution in [1.29, 1.82) is 0 Å². The molecule has 0 fully saturated rings. The van der Waals surface area contributed by atoms with Crippen LogP contribution in [0.3, 0.4) is 0 Å². The van der Waals surface area contributed by atoms with Crippen LogP contribution in [0.25, 0.3) is 0 Å². The molecule has 0 bridgehead atoms. The molecular weight excluding hydrogens is 254 g/mol. The van der Waals surface area contributed by atoms with Gasteiger partial charge >= 0.3 is 0 Å². The second-order valence-electron chi connectivity index (χ2n) is 5.28. The van der Waals surface area contributed by atoms with Gasteiger partial charge in [-0.05, 0) is 33.8 Å². The molecule has 0 unspecified atom stereocenters. The summed E-state index contributed by atoms with van der Waals surface area (Å²) in [6, 6.07) is 4.05. The first-order valence-electron chi connectivity index (χ1n) is 7.09. The van der Waals surface area contributed by atoms with E-state index in [0.29, 0.717) is 25.4 Å². The summed E-state index contributed by atoms with van der Waals surface area (Å²) in [5.74, 6) is 0.721. The molecule has 1 rings (SSSR count). The number of rotatable bonds is 8. The number of aromatic nitrogens is 1. The zero-order valence-corrected chi connectivity index (χ0v) is 12.8. The summed E-state index contributed by atoms with van der Waals surface area (Å²) < 4.78 is 5.65. The molecule has 0 atom stereocenters. The molecule has 112 valence electrons. The van der Waals surface area contributed by atoms with Gasteiger partial charge in [0.15, 0.2) is 0 Å². The van der Waals surface area contributed by atoms with E-state index in [1.807, 2.05) is 39.8 Å². The molecule has 5 heteroatoms. The lowest BCUT2D eigenvalue weighted by molar-refractivity contribution is -0.121. The van der Waals surface area contributed by atoms with Crippen LogP contribution in [0.4, 0.5) is 0 Å². The van der Waals surface area contributed by atoms with Gasteiger partial charge in [-0.1, -0.05) is 6.07 Å². The number of amides is 1. The molecule has 2 N–H and O–H groups in total. The van der Waals surface area contributed by atoms with Crippen LogP contribution in [0.2, 0.25) is 0 Å². The molecule has 0 aliphatic carbocycles. The van der Waals surface area contributed by atoms with Gasteiger partial charge in [-0.2, -0.15) is 0 Å². The fraction of sp³-hybridized carbons (Fsp3) is 0.600. The van der Waals surface area contributed by atoms with E-state index in [9.17, 15) is 4.79 Å². The van der Waals surface area contributed by atoms with Crippen LogP contribution in [0.15, 0.2) is 18.3 Å². The average Bonchev–Trinajstić information content (AvgIpc) is 2.35. The first-order chi connectivity index (χ1) is 9.49. The van der Waals surface area contributed by atoms with Crippen molar-refractivity contribution < 1.29 is 9.53 Å². The monoisotopic (exact) mass is 279 g/mol. The molecule has 0 radical (unpaired) electrons. The highest BCUT2D eigenvalue weighted by Gasteiger charge is 2.07. The maximum atomic E-state index is 11.5. The largest absolute Gasteiger partial charge is 0.475 e. The smallest absolute Gasteiger partial charge is 0.221 e. The van der Waals surface area contributed by atoms with Gasteiger partial charge in [0.1, 0.15) is 0 Å². The Labute approximate surface area is 121 Å². The maximum absolute atomic E-state index is 11.5.